The summed E-state index contributed by atoms with van der Waals surface area (Å²) in [4.78, 5) is 14.9. The lowest BCUT2D eigenvalue weighted by Crippen LogP contribution is -1.91. The van der Waals surface area contributed by atoms with Gasteiger partial charge in [-0.15, -0.1) is 11.3 Å². The van der Waals surface area contributed by atoms with Gasteiger partial charge in [-0.2, -0.15) is 0 Å². The molecule has 0 bridgehead atoms. The number of aldehydes is 1. The number of carbonyl (C=O) groups excluding carboxylic acids is 1. The van der Waals surface area contributed by atoms with Gasteiger partial charge >= 0.3 is 0 Å². The van der Waals surface area contributed by atoms with Crippen LogP contribution >= 0.6 is 11.3 Å². The van der Waals surface area contributed by atoms with Gasteiger partial charge in [0.25, 0.3) is 0 Å². The Morgan fingerprint density at radius 1 is 1.32 bits per heavy atom. The van der Waals surface area contributed by atoms with Crippen LogP contribution in [0.4, 0.5) is 0 Å². The minimum absolute atomic E-state index is 0.555. The summed E-state index contributed by atoms with van der Waals surface area (Å²) >= 11 is 1.63. The molecule has 3 heteroatoms. The molecular weight excluding hydrogens is 254 g/mol. The normalized spacial score (nSPS) is 12.3. The van der Waals surface area contributed by atoms with E-state index in [4.69, 9.17) is 0 Å². The fourth-order valence-electron chi connectivity index (χ4n) is 1.96. The lowest BCUT2D eigenvalue weighted by molar-refractivity contribution is -0.107. The van der Waals surface area contributed by atoms with E-state index in [0.717, 1.165) is 35.4 Å². The molecule has 2 rings (SSSR count). The molecular formula is C16H19NOS. The Morgan fingerprint density at radius 2 is 2.05 bits per heavy atom. The van der Waals surface area contributed by atoms with E-state index in [-0.39, 0.29) is 0 Å². The van der Waals surface area contributed by atoms with Gasteiger partial charge in [0, 0.05) is 23.8 Å². The van der Waals surface area contributed by atoms with Crippen molar-refractivity contribution in [2.75, 3.05) is 0 Å². The number of rotatable bonds is 6. The molecule has 0 spiro atoms. The average Bonchev–Trinajstić information content (AvgIpc) is 2.93. The third-order valence-corrected chi connectivity index (χ3v) is 4.32. The zero-order chi connectivity index (χ0) is 13.7. The monoisotopic (exact) mass is 273 g/mol. The van der Waals surface area contributed by atoms with Crippen LogP contribution in [0.5, 0.6) is 0 Å². The van der Waals surface area contributed by atoms with Gasteiger partial charge in [0.15, 0.2) is 0 Å². The van der Waals surface area contributed by atoms with E-state index in [9.17, 15) is 4.79 Å². The minimum Gasteiger partial charge on any atom is -0.303 e. The zero-order valence-electron chi connectivity index (χ0n) is 11.4. The standard InChI is InChI=1S/C16H19NOS/c1-3-12(2)13-6-8-14(9-7-13)15-11-19-16(17-15)5-4-10-18/h6-12H,3-5H2,1-2H3. The van der Waals surface area contributed by atoms with E-state index in [2.05, 4.69) is 48.5 Å². The molecule has 2 aromatic rings. The van der Waals surface area contributed by atoms with Crippen molar-refractivity contribution < 1.29 is 4.79 Å². The maximum absolute atomic E-state index is 10.4. The number of thiazole rings is 1. The molecule has 0 aliphatic rings. The first-order chi connectivity index (χ1) is 9.24. The zero-order valence-corrected chi connectivity index (χ0v) is 12.2. The highest BCUT2D eigenvalue weighted by atomic mass is 32.1. The Labute approximate surface area is 118 Å². The number of benzene rings is 1. The Morgan fingerprint density at radius 3 is 2.68 bits per heavy atom. The van der Waals surface area contributed by atoms with Crippen molar-refractivity contribution in [2.45, 2.75) is 39.0 Å². The summed E-state index contributed by atoms with van der Waals surface area (Å²) in [5.41, 5.74) is 3.55. The highest BCUT2D eigenvalue weighted by molar-refractivity contribution is 7.09. The largest absolute Gasteiger partial charge is 0.303 e. The summed E-state index contributed by atoms with van der Waals surface area (Å²) < 4.78 is 0. The predicted octanol–water partition coefficient (Wildman–Crippen LogP) is 4.46. The molecule has 1 atom stereocenters. The molecule has 2 nitrogen and oxygen atoms in total. The molecule has 19 heavy (non-hydrogen) atoms. The fraction of sp³-hybridized carbons (Fsp3) is 0.375. The molecule has 1 unspecified atom stereocenters. The van der Waals surface area contributed by atoms with Crippen molar-refractivity contribution >= 4 is 17.6 Å². The third-order valence-electron chi connectivity index (χ3n) is 3.42. The van der Waals surface area contributed by atoms with Crippen LogP contribution in [0.2, 0.25) is 0 Å². The second-order valence-electron chi connectivity index (χ2n) is 4.76. The van der Waals surface area contributed by atoms with Crippen LogP contribution in [0.25, 0.3) is 11.3 Å². The number of aromatic nitrogens is 1. The maximum Gasteiger partial charge on any atom is 0.120 e. The summed E-state index contributed by atoms with van der Waals surface area (Å²) in [6.07, 6.45) is 3.41. The van der Waals surface area contributed by atoms with Crippen LogP contribution in [0.3, 0.4) is 0 Å². The molecule has 100 valence electrons. The third kappa shape index (κ3) is 3.51. The van der Waals surface area contributed by atoms with Gasteiger partial charge in [-0.1, -0.05) is 38.1 Å². The van der Waals surface area contributed by atoms with E-state index in [1.807, 2.05) is 0 Å². The second-order valence-corrected chi connectivity index (χ2v) is 5.71. The Hall–Kier alpha value is -1.48. The number of aryl methyl sites for hydroxylation is 1. The van der Waals surface area contributed by atoms with Crippen molar-refractivity contribution in [1.29, 1.82) is 0 Å². The van der Waals surface area contributed by atoms with Gasteiger partial charge in [0.05, 0.1) is 10.7 Å². The molecule has 0 saturated heterocycles. The molecule has 1 aromatic heterocycles. The molecule has 0 aliphatic heterocycles. The van der Waals surface area contributed by atoms with Crippen molar-refractivity contribution in [3.05, 3.63) is 40.2 Å². The molecule has 0 N–H and O–H groups in total. The Balaban J connectivity index is 2.13. The molecule has 0 aliphatic carbocycles. The van der Waals surface area contributed by atoms with Gasteiger partial charge < -0.3 is 4.79 Å². The average molecular weight is 273 g/mol. The van der Waals surface area contributed by atoms with Crippen LogP contribution in [0, 0.1) is 0 Å². The number of hydrogen-bond donors (Lipinski definition) is 0. The Kier molecular flexibility index (Phi) is 4.86. The molecule has 0 radical (unpaired) electrons. The SMILES string of the molecule is CCC(C)c1ccc(-c2csc(CCC=O)n2)cc1. The summed E-state index contributed by atoms with van der Waals surface area (Å²) in [5.74, 6) is 0.604. The lowest BCUT2D eigenvalue weighted by atomic mass is 9.97. The van der Waals surface area contributed by atoms with Gasteiger partial charge in [-0.05, 0) is 17.9 Å². The van der Waals surface area contributed by atoms with Crippen LogP contribution in [0.1, 0.15) is 43.2 Å². The molecule has 1 heterocycles. The van der Waals surface area contributed by atoms with Gasteiger partial charge in [0.2, 0.25) is 0 Å². The topological polar surface area (TPSA) is 30.0 Å². The van der Waals surface area contributed by atoms with E-state index < -0.39 is 0 Å². The predicted molar refractivity (Wildman–Crippen MR) is 80.6 cm³/mol. The Bertz CT molecular complexity index is 530. The van der Waals surface area contributed by atoms with E-state index in [1.165, 1.54) is 5.56 Å². The summed E-state index contributed by atoms with van der Waals surface area (Å²) in [5, 5.41) is 3.10. The maximum atomic E-state index is 10.4. The van der Waals surface area contributed by atoms with Crippen molar-refractivity contribution in [3.63, 3.8) is 0 Å². The number of nitrogens with zero attached hydrogens (tertiary/aromatic N) is 1. The first-order valence-corrected chi connectivity index (χ1v) is 7.61. The molecule has 1 aromatic carbocycles. The van der Waals surface area contributed by atoms with Crippen LogP contribution in [-0.2, 0) is 11.2 Å². The lowest BCUT2D eigenvalue weighted by Gasteiger charge is -2.08. The van der Waals surface area contributed by atoms with E-state index >= 15 is 0 Å². The summed E-state index contributed by atoms with van der Waals surface area (Å²) in [6.45, 7) is 4.45. The fourth-order valence-corrected chi connectivity index (χ4v) is 2.78. The second kappa shape index (κ2) is 6.62. The smallest absolute Gasteiger partial charge is 0.120 e. The summed E-state index contributed by atoms with van der Waals surface area (Å²) in [6, 6.07) is 8.65. The molecule has 0 fully saturated rings. The first-order valence-electron chi connectivity index (χ1n) is 6.73. The van der Waals surface area contributed by atoms with Crippen molar-refractivity contribution in [3.8, 4) is 11.3 Å². The van der Waals surface area contributed by atoms with Crippen LogP contribution in [-0.4, -0.2) is 11.3 Å². The van der Waals surface area contributed by atoms with Gasteiger partial charge in [0.1, 0.15) is 6.29 Å². The summed E-state index contributed by atoms with van der Waals surface area (Å²) in [7, 11) is 0. The van der Waals surface area contributed by atoms with Crippen LogP contribution < -0.4 is 0 Å². The molecule has 0 saturated carbocycles. The van der Waals surface area contributed by atoms with Gasteiger partial charge in [-0.3, -0.25) is 0 Å². The minimum atomic E-state index is 0.555. The van der Waals surface area contributed by atoms with Gasteiger partial charge in [-0.25, -0.2) is 4.98 Å². The van der Waals surface area contributed by atoms with Crippen LogP contribution in [0.15, 0.2) is 29.6 Å². The van der Waals surface area contributed by atoms with Crippen molar-refractivity contribution in [2.24, 2.45) is 0 Å². The van der Waals surface area contributed by atoms with Crippen molar-refractivity contribution in [1.82, 2.24) is 4.98 Å². The number of hydrogen-bond acceptors (Lipinski definition) is 3. The number of carbonyl (C=O) groups is 1. The van der Waals surface area contributed by atoms with E-state index in [0.29, 0.717) is 12.3 Å². The highest BCUT2D eigenvalue weighted by Crippen LogP contribution is 2.25. The first kappa shape index (κ1) is 13.9. The highest BCUT2D eigenvalue weighted by Gasteiger charge is 2.06. The molecule has 0 amide bonds. The quantitative estimate of drug-likeness (QED) is 0.728. The van der Waals surface area contributed by atoms with E-state index in [1.54, 1.807) is 11.3 Å².